The van der Waals surface area contributed by atoms with Gasteiger partial charge in [0.1, 0.15) is 11.8 Å². The Bertz CT molecular complexity index is 558. The number of aryl methyl sites for hydroxylation is 1. The number of nitriles is 1. The number of benzene rings is 1. The minimum atomic E-state index is -0.347. The lowest BCUT2D eigenvalue weighted by Gasteiger charge is -2.16. The summed E-state index contributed by atoms with van der Waals surface area (Å²) in [7, 11) is 1.63. The number of methoxy groups -OCH3 is 1. The van der Waals surface area contributed by atoms with Gasteiger partial charge in [-0.15, -0.1) is 11.3 Å². The van der Waals surface area contributed by atoms with Crippen LogP contribution in [0.25, 0.3) is 0 Å². The van der Waals surface area contributed by atoms with Gasteiger partial charge in [-0.2, -0.15) is 5.26 Å². The van der Waals surface area contributed by atoms with Crippen LogP contribution in [0, 0.1) is 18.3 Å². The van der Waals surface area contributed by atoms with E-state index in [9.17, 15) is 5.26 Å². The standard InChI is InChI=1S/C14H14N2OS/c1-10-5-3-6-12(17-2)14(10)16-11(9-15)13-7-4-8-18-13/h3-8,11,16H,1-2H3/t11-/m0/s1. The highest BCUT2D eigenvalue weighted by atomic mass is 32.1. The molecule has 1 atom stereocenters. The molecule has 18 heavy (non-hydrogen) atoms. The Kier molecular flexibility index (Phi) is 3.85. The third-order valence-corrected chi connectivity index (χ3v) is 3.64. The summed E-state index contributed by atoms with van der Waals surface area (Å²) in [5.74, 6) is 0.756. The summed E-state index contributed by atoms with van der Waals surface area (Å²) in [6, 6.07) is 11.6. The highest BCUT2D eigenvalue weighted by Gasteiger charge is 2.15. The Morgan fingerprint density at radius 1 is 1.33 bits per heavy atom. The zero-order chi connectivity index (χ0) is 13.0. The molecular formula is C14H14N2OS. The van der Waals surface area contributed by atoms with E-state index in [0.717, 1.165) is 21.9 Å². The van der Waals surface area contributed by atoms with Crippen molar-refractivity contribution < 1.29 is 4.74 Å². The van der Waals surface area contributed by atoms with Gasteiger partial charge in [-0.05, 0) is 30.0 Å². The molecule has 0 aliphatic heterocycles. The van der Waals surface area contributed by atoms with Crippen LogP contribution in [0.3, 0.4) is 0 Å². The van der Waals surface area contributed by atoms with Gasteiger partial charge >= 0.3 is 0 Å². The van der Waals surface area contributed by atoms with Crippen molar-refractivity contribution in [1.29, 1.82) is 5.26 Å². The summed E-state index contributed by atoms with van der Waals surface area (Å²) in [6.07, 6.45) is 0. The zero-order valence-corrected chi connectivity index (χ0v) is 11.1. The van der Waals surface area contributed by atoms with Gasteiger partial charge in [0.2, 0.25) is 0 Å². The predicted molar refractivity (Wildman–Crippen MR) is 74.0 cm³/mol. The fourth-order valence-electron chi connectivity index (χ4n) is 1.76. The van der Waals surface area contributed by atoms with Gasteiger partial charge < -0.3 is 10.1 Å². The number of nitrogens with zero attached hydrogens (tertiary/aromatic N) is 1. The Balaban J connectivity index is 2.31. The molecule has 0 aliphatic carbocycles. The van der Waals surface area contributed by atoms with E-state index in [1.54, 1.807) is 18.4 Å². The maximum Gasteiger partial charge on any atom is 0.149 e. The van der Waals surface area contributed by atoms with Crippen LogP contribution in [-0.4, -0.2) is 7.11 Å². The van der Waals surface area contributed by atoms with E-state index in [2.05, 4.69) is 11.4 Å². The third-order valence-electron chi connectivity index (χ3n) is 2.70. The molecule has 1 aromatic carbocycles. The molecule has 0 radical (unpaired) electrons. The van der Waals surface area contributed by atoms with Crippen molar-refractivity contribution in [2.24, 2.45) is 0 Å². The lowest BCUT2D eigenvalue weighted by atomic mass is 10.1. The lowest BCUT2D eigenvalue weighted by Crippen LogP contribution is -2.09. The van der Waals surface area contributed by atoms with E-state index in [0.29, 0.717) is 0 Å². The summed E-state index contributed by atoms with van der Waals surface area (Å²) in [5, 5.41) is 14.5. The van der Waals surface area contributed by atoms with Gasteiger partial charge in [0.15, 0.2) is 0 Å². The molecule has 2 aromatic rings. The first-order valence-corrected chi connectivity index (χ1v) is 6.47. The number of ether oxygens (including phenoxy) is 1. The van der Waals surface area contributed by atoms with Crippen molar-refractivity contribution >= 4 is 17.0 Å². The topological polar surface area (TPSA) is 45.0 Å². The van der Waals surface area contributed by atoms with Gasteiger partial charge in [-0.25, -0.2) is 0 Å². The van der Waals surface area contributed by atoms with Crippen molar-refractivity contribution in [1.82, 2.24) is 0 Å². The summed E-state index contributed by atoms with van der Waals surface area (Å²) < 4.78 is 5.32. The Hall–Kier alpha value is -1.99. The van der Waals surface area contributed by atoms with Gasteiger partial charge in [-0.3, -0.25) is 0 Å². The highest BCUT2D eigenvalue weighted by Crippen LogP contribution is 2.32. The van der Waals surface area contributed by atoms with Crippen molar-refractivity contribution in [3.8, 4) is 11.8 Å². The molecule has 0 aliphatic rings. The van der Waals surface area contributed by atoms with Crippen molar-refractivity contribution in [2.75, 3.05) is 12.4 Å². The Morgan fingerprint density at radius 3 is 2.78 bits per heavy atom. The second kappa shape index (κ2) is 5.56. The van der Waals surface area contributed by atoms with E-state index in [1.807, 2.05) is 42.6 Å². The summed E-state index contributed by atoms with van der Waals surface area (Å²) >= 11 is 1.57. The molecule has 0 spiro atoms. The molecule has 1 N–H and O–H groups in total. The first kappa shape index (κ1) is 12.5. The van der Waals surface area contributed by atoms with E-state index in [1.165, 1.54) is 0 Å². The largest absolute Gasteiger partial charge is 0.495 e. The minimum absolute atomic E-state index is 0.347. The van der Waals surface area contributed by atoms with Crippen LogP contribution in [-0.2, 0) is 0 Å². The molecule has 92 valence electrons. The first-order chi connectivity index (χ1) is 8.76. The SMILES string of the molecule is COc1cccc(C)c1N[C@@H](C#N)c1cccs1. The fourth-order valence-corrected chi connectivity index (χ4v) is 2.48. The molecule has 0 unspecified atom stereocenters. The van der Waals surface area contributed by atoms with E-state index in [4.69, 9.17) is 4.74 Å². The maximum absolute atomic E-state index is 9.27. The molecule has 4 heteroatoms. The average Bonchev–Trinajstić information content (AvgIpc) is 2.91. The molecule has 0 fully saturated rings. The van der Waals surface area contributed by atoms with E-state index >= 15 is 0 Å². The average molecular weight is 258 g/mol. The number of para-hydroxylation sites is 1. The quantitative estimate of drug-likeness (QED) is 0.908. The van der Waals surface area contributed by atoms with E-state index in [-0.39, 0.29) is 6.04 Å². The number of anilines is 1. The number of thiophene rings is 1. The molecule has 0 amide bonds. The lowest BCUT2D eigenvalue weighted by molar-refractivity contribution is 0.416. The first-order valence-electron chi connectivity index (χ1n) is 5.59. The third kappa shape index (κ3) is 2.47. The summed E-state index contributed by atoms with van der Waals surface area (Å²) in [6.45, 7) is 1.99. The molecule has 0 saturated carbocycles. The van der Waals surface area contributed by atoms with Gasteiger partial charge in [0, 0.05) is 4.88 Å². The van der Waals surface area contributed by atoms with Gasteiger partial charge in [-0.1, -0.05) is 18.2 Å². The summed E-state index contributed by atoms with van der Waals surface area (Å²) in [5.41, 5.74) is 1.94. The monoisotopic (exact) mass is 258 g/mol. The Morgan fingerprint density at radius 2 is 2.17 bits per heavy atom. The zero-order valence-electron chi connectivity index (χ0n) is 10.3. The molecule has 0 saturated heterocycles. The van der Waals surface area contributed by atoms with Crippen LogP contribution >= 0.6 is 11.3 Å². The number of hydrogen-bond acceptors (Lipinski definition) is 4. The van der Waals surface area contributed by atoms with Crippen LogP contribution < -0.4 is 10.1 Å². The predicted octanol–water partition coefficient (Wildman–Crippen LogP) is 3.74. The number of hydrogen-bond donors (Lipinski definition) is 1. The maximum atomic E-state index is 9.27. The molecular weight excluding hydrogens is 244 g/mol. The molecule has 3 nitrogen and oxygen atoms in total. The number of rotatable bonds is 4. The molecule has 2 rings (SSSR count). The minimum Gasteiger partial charge on any atom is -0.495 e. The van der Waals surface area contributed by atoms with Crippen LogP contribution in [0.2, 0.25) is 0 Å². The summed E-state index contributed by atoms with van der Waals surface area (Å²) in [4.78, 5) is 1.00. The fraction of sp³-hybridized carbons (Fsp3) is 0.214. The normalized spacial score (nSPS) is 11.6. The van der Waals surface area contributed by atoms with Crippen LogP contribution in [0.5, 0.6) is 5.75 Å². The molecule has 0 bridgehead atoms. The highest BCUT2D eigenvalue weighted by molar-refractivity contribution is 7.10. The molecule has 1 aromatic heterocycles. The van der Waals surface area contributed by atoms with Crippen molar-refractivity contribution in [3.05, 3.63) is 46.2 Å². The smallest absolute Gasteiger partial charge is 0.149 e. The molecule has 1 heterocycles. The number of nitrogens with one attached hydrogen (secondary N) is 1. The second-order valence-corrected chi connectivity index (χ2v) is 4.85. The van der Waals surface area contributed by atoms with E-state index < -0.39 is 0 Å². The Labute approximate surface area is 111 Å². The van der Waals surface area contributed by atoms with Crippen LogP contribution in [0.4, 0.5) is 5.69 Å². The van der Waals surface area contributed by atoms with Crippen molar-refractivity contribution in [2.45, 2.75) is 13.0 Å². The second-order valence-electron chi connectivity index (χ2n) is 3.87. The van der Waals surface area contributed by atoms with Gasteiger partial charge in [0.25, 0.3) is 0 Å². The van der Waals surface area contributed by atoms with Gasteiger partial charge in [0.05, 0.1) is 18.9 Å². The van der Waals surface area contributed by atoms with Crippen molar-refractivity contribution in [3.63, 3.8) is 0 Å². The van der Waals surface area contributed by atoms with Crippen LogP contribution in [0.1, 0.15) is 16.5 Å². The van der Waals surface area contributed by atoms with Crippen LogP contribution in [0.15, 0.2) is 35.7 Å².